The summed E-state index contributed by atoms with van der Waals surface area (Å²) in [4.78, 5) is 22.8. The first-order valence-electron chi connectivity index (χ1n) is 9.21. The van der Waals surface area contributed by atoms with E-state index in [0.717, 1.165) is 32.1 Å². The maximum Gasteiger partial charge on any atom is 0.313 e. The Morgan fingerprint density at radius 3 is 2.04 bits per heavy atom. The van der Waals surface area contributed by atoms with E-state index < -0.39 is 5.41 Å². The van der Waals surface area contributed by atoms with Gasteiger partial charge < -0.3 is 19.3 Å². The molecule has 0 bridgehead atoms. The highest BCUT2D eigenvalue weighted by Gasteiger charge is 2.30. The number of carbonyl (C=O) groups is 2. The van der Waals surface area contributed by atoms with Crippen molar-refractivity contribution in [1.29, 1.82) is 0 Å². The van der Waals surface area contributed by atoms with Crippen LogP contribution in [-0.2, 0) is 23.8 Å². The predicted molar refractivity (Wildman–Crippen MR) is 95.9 cm³/mol. The van der Waals surface area contributed by atoms with Crippen LogP contribution in [0.4, 0.5) is 0 Å². The summed E-state index contributed by atoms with van der Waals surface area (Å²) in [5, 5.41) is 8.38. The first-order valence-corrected chi connectivity index (χ1v) is 9.21. The molecule has 1 atom stereocenters. The van der Waals surface area contributed by atoms with E-state index in [-0.39, 0.29) is 36.9 Å². The number of ether oxygens (including phenoxy) is 3. The molecule has 148 valence electrons. The van der Waals surface area contributed by atoms with Gasteiger partial charge in [-0.3, -0.25) is 9.59 Å². The van der Waals surface area contributed by atoms with Crippen LogP contribution in [0, 0.1) is 10.8 Å². The summed E-state index contributed by atoms with van der Waals surface area (Å²) in [6, 6.07) is 0. The summed E-state index contributed by atoms with van der Waals surface area (Å²) in [7, 11) is 0. The number of esters is 2. The maximum absolute atomic E-state index is 11.7. The molecule has 1 rings (SSSR count). The van der Waals surface area contributed by atoms with E-state index >= 15 is 0 Å². The van der Waals surface area contributed by atoms with Crippen LogP contribution >= 0.6 is 0 Å². The quantitative estimate of drug-likeness (QED) is 0.700. The van der Waals surface area contributed by atoms with Crippen molar-refractivity contribution in [2.24, 2.45) is 10.8 Å². The predicted octanol–water partition coefficient (Wildman–Crippen LogP) is 3.45. The van der Waals surface area contributed by atoms with Crippen molar-refractivity contribution in [3.05, 3.63) is 0 Å². The van der Waals surface area contributed by atoms with Crippen molar-refractivity contribution in [1.82, 2.24) is 0 Å². The Morgan fingerprint density at radius 1 is 1.04 bits per heavy atom. The number of hydrogen-bond acceptors (Lipinski definition) is 6. The average Bonchev–Trinajstić information content (AvgIpc) is 2.60. The number of carbonyl (C=O) groups excluding carboxylic acids is 2. The highest BCUT2D eigenvalue weighted by Crippen LogP contribution is 2.24. The van der Waals surface area contributed by atoms with Crippen LogP contribution in [0.2, 0.25) is 0 Å². The third-order valence-corrected chi connectivity index (χ3v) is 4.57. The molecule has 1 aliphatic rings. The lowest BCUT2D eigenvalue weighted by atomic mass is 9.91. The Kier molecular flexibility index (Phi) is 10.9. The SMILES string of the molecule is CCC(C)(C)C(=O)OC1CCCCO1.CCC(C)(C)C(=O)OCCO. The van der Waals surface area contributed by atoms with Crippen LogP contribution in [0.1, 0.15) is 73.6 Å². The van der Waals surface area contributed by atoms with E-state index in [2.05, 4.69) is 0 Å². The van der Waals surface area contributed by atoms with Crippen LogP contribution in [0.5, 0.6) is 0 Å². The molecule has 0 spiro atoms. The summed E-state index contributed by atoms with van der Waals surface area (Å²) >= 11 is 0. The molecule has 1 heterocycles. The smallest absolute Gasteiger partial charge is 0.313 e. The van der Waals surface area contributed by atoms with E-state index in [0.29, 0.717) is 6.61 Å². The summed E-state index contributed by atoms with van der Waals surface area (Å²) in [5.74, 6) is -0.388. The zero-order valence-corrected chi connectivity index (χ0v) is 16.7. The Labute approximate surface area is 152 Å². The van der Waals surface area contributed by atoms with Gasteiger partial charge in [0.15, 0.2) is 0 Å². The molecule has 0 aromatic heterocycles. The van der Waals surface area contributed by atoms with E-state index in [9.17, 15) is 9.59 Å². The van der Waals surface area contributed by atoms with Gasteiger partial charge in [-0.05, 0) is 53.4 Å². The minimum Gasteiger partial charge on any atom is -0.463 e. The molecule has 0 aromatic carbocycles. The summed E-state index contributed by atoms with van der Waals surface area (Å²) < 4.78 is 15.4. The van der Waals surface area contributed by atoms with E-state index in [1.165, 1.54) is 0 Å². The maximum atomic E-state index is 11.7. The van der Waals surface area contributed by atoms with Crippen LogP contribution < -0.4 is 0 Å². The minimum atomic E-state index is -0.421. The van der Waals surface area contributed by atoms with Crippen molar-refractivity contribution < 1.29 is 28.9 Å². The van der Waals surface area contributed by atoms with Gasteiger partial charge in [0.25, 0.3) is 0 Å². The summed E-state index contributed by atoms with van der Waals surface area (Å²) in [6.45, 7) is 12.1. The van der Waals surface area contributed by atoms with Crippen LogP contribution in [-0.4, -0.2) is 43.2 Å². The van der Waals surface area contributed by atoms with E-state index in [1.54, 1.807) is 0 Å². The van der Waals surface area contributed by atoms with Gasteiger partial charge in [-0.1, -0.05) is 13.8 Å². The summed E-state index contributed by atoms with van der Waals surface area (Å²) in [5.41, 5.74) is -0.810. The molecule has 1 saturated heterocycles. The highest BCUT2D eigenvalue weighted by atomic mass is 16.7. The molecule has 6 heteroatoms. The van der Waals surface area contributed by atoms with Gasteiger partial charge in [0.2, 0.25) is 6.29 Å². The Bertz CT molecular complexity index is 397. The third kappa shape index (κ3) is 9.21. The van der Waals surface area contributed by atoms with Crippen molar-refractivity contribution >= 4 is 11.9 Å². The number of aliphatic hydroxyl groups excluding tert-OH is 1. The first-order chi connectivity index (χ1) is 11.6. The molecule has 0 aromatic rings. The largest absolute Gasteiger partial charge is 0.463 e. The zero-order valence-electron chi connectivity index (χ0n) is 16.7. The standard InChI is InChI=1S/C11H20O3.C8H16O3/c1-4-11(2,3)10(12)14-9-7-5-6-8-13-9;1-4-8(2,3)7(10)11-6-5-9/h9H,4-8H2,1-3H3;9H,4-6H2,1-3H3. The summed E-state index contributed by atoms with van der Waals surface area (Å²) in [6.07, 6.45) is 4.24. The second-order valence-corrected chi connectivity index (χ2v) is 7.54. The number of hydrogen-bond donors (Lipinski definition) is 1. The molecule has 0 radical (unpaired) electrons. The van der Waals surface area contributed by atoms with E-state index in [1.807, 2.05) is 41.5 Å². The monoisotopic (exact) mass is 360 g/mol. The zero-order chi connectivity index (χ0) is 19.5. The topological polar surface area (TPSA) is 82.1 Å². The second-order valence-electron chi connectivity index (χ2n) is 7.54. The van der Waals surface area contributed by atoms with Gasteiger partial charge in [0.05, 0.1) is 24.0 Å². The molecule has 1 unspecified atom stereocenters. The molecule has 25 heavy (non-hydrogen) atoms. The van der Waals surface area contributed by atoms with Gasteiger partial charge in [0, 0.05) is 6.42 Å². The fraction of sp³-hybridized carbons (Fsp3) is 0.895. The van der Waals surface area contributed by atoms with Crippen molar-refractivity contribution in [2.75, 3.05) is 19.8 Å². The molecule has 1 fully saturated rings. The minimum absolute atomic E-state index is 0.0995. The molecular formula is C19H36O6. The molecule has 6 nitrogen and oxygen atoms in total. The van der Waals surface area contributed by atoms with Crippen LogP contribution in [0.25, 0.3) is 0 Å². The van der Waals surface area contributed by atoms with Gasteiger partial charge >= 0.3 is 11.9 Å². The van der Waals surface area contributed by atoms with Gasteiger partial charge in [-0.2, -0.15) is 0 Å². The molecule has 1 aliphatic heterocycles. The Morgan fingerprint density at radius 2 is 1.60 bits per heavy atom. The van der Waals surface area contributed by atoms with Gasteiger partial charge in [0.1, 0.15) is 6.61 Å². The molecule has 0 saturated carbocycles. The molecule has 0 amide bonds. The van der Waals surface area contributed by atoms with Gasteiger partial charge in [-0.15, -0.1) is 0 Å². The Balaban J connectivity index is 0.000000477. The second kappa shape index (κ2) is 11.5. The van der Waals surface area contributed by atoms with Crippen molar-refractivity contribution in [3.63, 3.8) is 0 Å². The number of rotatable bonds is 7. The average molecular weight is 360 g/mol. The van der Waals surface area contributed by atoms with E-state index in [4.69, 9.17) is 19.3 Å². The fourth-order valence-electron chi connectivity index (χ4n) is 1.71. The normalized spacial score (nSPS) is 18.0. The Hall–Kier alpha value is -1.14. The molecule has 0 aliphatic carbocycles. The molecule has 1 N–H and O–H groups in total. The van der Waals surface area contributed by atoms with Crippen LogP contribution in [0.3, 0.4) is 0 Å². The molecular weight excluding hydrogens is 324 g/mol. The lowest BCUT2D eigenvalue weighted by molar-refractivity contribution is -0.196. The third-order valence-electron chi connectivity index (χ3n) is 4.57. The fourth-order valence-corrected chi connectivity index (χ4v) is 1.71. The lowest BCUT2D eigenvalue weighted by Gasteiger charge is -2.27. The van der Waals surface area contributed by atoms with Crippen LogP contribution in [0.15, 0.2) is 0 Å². The van der Waals surface area contributed by atoms with Crippen molar-refractivity contribution in [3.8, 4) is 0 Å². The first kappa shape index (κ1) is 23.9. The highest BCUT2D eigenvalue weighted by molar-refractivity contribution is 5.76. The van der Waals surface area contributed by atoms with Crippen molar-refractivity contribution in [2.45, 2.75) is 79.9 Å². The lowest BCUT2D eigenvalue weighted by Crippen LogP contribution is -2.32. The van der Waals surface area contributed by atoms with Gasteiger partial charge in [-0.25, -0.2) is 0 Å². The number of aliphatic hydroxyl groups is 1.